The Balaban J connectivity index is 3.00. The number of amides is 1. The standard InChI is InChI=1S/C13H24N4OS/c1-8(2)13(6,7-14)15-11(18)9-10(12(3,4)5)16-17-19-9/h8H,7,14H2,1-6H3,(H,15,18). The number of nitrogens with zero attached hydrogens (tertiary/aromatic N) is 2. The third-order valence-electron chi connectivity index (χ3n) is 3.50. The van der Waals surface area contributed by atoms with Crippen LogP contribution in [0.3, 0.4) is 0 Å². The van der Waals surface area contributed by atoms with Gasteiger partial charge in [-0.2, -0.15) is 0 Å². The fourth-order valence-corrected chi connectivity index (χ4v) is 2.35. The number of nitrogens with one attached hydrogen (secondary N) is 1. The molecule has 1 atom stereocenters. The van der Waals surface area contributed by atoms with Crippen molar-refractivity contribution in [1.29, 1.82) is 0 Å². The molecule has 0 aliphatic carbocycles. The van der Waals surface area contributed by atoms with Crippen molar-refractivity contribution in [3.05, 3.63) is 10.6 Å². The van der Waals surface area contributed by atoms with E-state index in [2.05, 4.69) is 14.9 Å². The summed E-state index contributed by atoms with van der Waals surface area (Å²) in [4.78, 5) is 13.0. The van der Waals surface area contributed by atoms with Crippen LogP contribution in [0.4, 0.5) is 0 Å². The van der Waals surface area contributed by atoms with Gasteiger partial charge in [0.25, 0.3) is 5.91 Å². The van der Waals surface area contributed by atoms with Gasteiger partial charge in [0, 0.05) is 12.0 Å². The van der Waals surface area contributed by atoms with Gasteiger partial charge >= 0.3 is 0 Å². The summed E-state index contributed by atoms with van der Waals surface area (Å²) >= 11 is 1.13. The molecule has 0 spiro atoms. The van der Waals surface area contributed by atoms with E-state index in [1.807, 2.05) is 41.5 Å². The van der Waals surface area contributed by atoms with Gasteiger partial charge in [-0.1, -0.05) is 39.1 Å². The fourth-order valence-electron chi connectivity index (χ4n) is 1.58. The summed E-state index contributed by atoms with van der Waals surface area (Å²) in [6.45, 7) is 12.5. The minimum atomic E-state index is -0.420. The predicted octanol–water partition coefficient (Wildman–Crippen LogP) is 1.94. The van der Waals surface area contributed by atoms with Crippen LogP contribution in [-0.2, 0) is 5.41 Å². The van der Waals surface area contributed by atoms with Crippen LogP contribution in [0.2, 0.25) is 0 Å². The molecule has 0 aliphatic heterocycles. The molecule has 1 rings (SSSR count). The first-order valence-electron chi connectivity index (χ1n) is 6.47. The lowest BCUT2D eigenvalue weighted by molar-refractivity contribution is 0.0885. The highest BCUT2D eigenvalue weighted by Gasteiger charge is 2.32. The number of hydrogen-bond acceptors (Lipinski definition) is 5. The lowest BCUT2D eigenvalue weighted by Crippen LogP contribution is -2.55. The topological polar surface area (TPSA) is 80.9 Å². The van der Waals surface area contributed by atoms with Gasteiger partial charge in [0.2, 0.25) is 0 Å². The van der Waals surface area contributed by atoms with Crippen molar-refractivity contribution < 1.29 is 4.79 Å². The summed E-state index contributed by atoms with van der Waals surface area (Å²) in [6.07, 6.45) is 0. The van der Waals surface area contributed by atoms with Crippen LogP contribution in [0.15, 0.2) is 0 Å². The Morgan fingerprint density at radius 3 is 2.37 bits per heavy atom. The zero-order valence-electron chi connectivity index (χ0n) is 12.6. The third kappa shape index (κ3) is 3.51. The van der Waals surface area contributed by atoms with E-state index in [1.54, 1.807) is 0 Å². The minimum absolute atomic E-state index is 0.137. The maximum atomic E-state index is 12.4. The van der Waals surface area contributed by atoms with E-state index in [9.17, 15) is 4.79 Å². The SMILES string of the molecule is CC(C)C(C)(CN)NC(=O)c1snnc1C(C)(C)C. The van der Waals surface area contributed by atoms with Gasteiger partial charge in [-0.25, -0.2) is 0 Å². The van der Waals surface area contributed by atoms with E-state index < -0.39 is 5.54 Å². The molecule has 3 N–H and O–H groups in total. The molecule has 0 radical (unpaired) electrons. The highest BCUT2D eigenvalue weighted by molar-refractivity contribution is 7.08. The lowest BCUT2D eigenvalue weighted by atomic mass is 9.87. The van der Waals surface area contributed by atoms with E-state index in [-0.39, 0.29) is 17.2 Å². The van der Waals surface area contributed by atoms with Gasteiger partial charge in [-0.05, 0) is 24.4 Å². The average molecular weight is 284 g/mol. The number of nitrogens with two attached hydrogens (primary N) is 1. The molecule has 1 aromatic rings. The quantitative estimate of drug-likeness (QED) is 0.885. The Labute approximate surface area is 119 Å². The van der Waals surface area contributed by atoms with Crippen molar-refractivity contribution in [2.75, 3.05) is 6.54 Å². The number of rotatable bonds is 4. The van der Waals surface area contributed by atoms with Gasteiger partial charge in [0.15, 0.2) is 0 Å². The van der Waals surface area contributed by atoms with Crippen LogP contribution in [0.5, 0.6) is 0 Å². The summed E-state index contributed by atoms with van der Waals surface area (Å²) in [5.41, 5.74) is 5.91. The minimum Gasteiger partial charge on any atom is -0.345 e. The molecule has 0 fully saturated rings. The van der Waals surface area contributed by atoms with Gasteiger partial charge < -0.3 is 11.1 Å². The lowest BCUT2D eigenvalue weighted by Gasteiger charge is -2.33. The molecule has 5 nitrogen and oxygen atoms in total. The van der Waals surface area contributed by atoms with Crippen molar-refractivity contribution in [3.8, 4) is 0 Å². The van der Waals surface area contributed by atoms with E-state index in [0.717, 1.165) is 17.2 Å². The van der Waals surface area contributed by atoms with Crippen molar-refractivity contribution in [2.45, 2.75) is 52.5 Å². The molecule has 1 heterocycles. The molecule has 1 amide bonds. The molecule has 1 aromatic heterocycles. The van der Waals surface area contributed by atoms with Crippen LogP contribution in [0, 0.1) is 5.92 Å². The largest absolute Gasteiger partial charge is 0.345 e. The van der Waals surface area contributed by atoms with Gasteiger partial charge in [-0.3, -0.25) is 4.79 Å². The first kappa shape index (κ1) is 16.0. The molecule has 0 bridgehead atoms. The third-order valence-corrected chi connectivity index (χ3v) is 4.23. The molecule has 19 heavy (non-hydrogen) atoms. The molecule has 108 valence electrons. The maximum absolute atomic E-state index is 12.4. The smallest absolute Gasteiger partial charge is 0.265 e. The van der Waals surface area contributed by atoms with E-state index in [0.29, 0.717) is 11.4 Å². The Bertz CT molecular complexity index is 450. The first-order chi connectivity index (χ1) is 8.62. The summed E-state index contributed by atoms with van der Waals surface area (Å²) < 4.78 is 3.91. The second-order valence-electron chi connectivity index (χ2n) is 6.43. The highest BCUT2D eigenvalue weighted by Crippen LogP contribution is 2.26. The predicted molar refractivity (Wildman–Crippen MR) is 78.4 cm³/mol. The molecular formula is C13H24N4OS. The first-order valence-corrected chi connectivity index (χ1v) is 7.24. The van der Waals surface area contributed by atoms with Crippen LogP contribution >= 0.6 is 11.5 Å². The molecule has 6 heteroatoms. The zero-order chi connectivity index (χ0) is 14.8. The van der Waals surface area contributed by atoms with E-state index in [4.69, 9.17) is 5.73 Å². The average Bonchev–Trinajstić information content (AvgIpc) is 2.77. The molecule has 0 saturated carbocycles. The Morgan fingerprint density at radius 2 is 1.95 bits per heavy atom. The normalized spacial score (nSPS) is 15.4. The van der Waals surface area contributed by atoms with Crippen LogP contribution < -0.4 is 11.1 Å². The fraction of sp³-hybridized carbons (Fsp3) is 0.769. The summed E-state index contributed by atoms with van der Waals surface area (Å²) in [6, 6.07) is 0. The van der Waals surface area contributed by atoms with E-state index in [1.165, 1.54) is 0 Å². The van der Waals surface area contributed by atoms with Crippen molar-refractivity contribution in [1.82, 2.24) is 14.9 Å². The second kappa shape index (κ2) is 5.54. The van der Waals surface area contributed by atoms with Crippen LogP contribution in [0.1, 0.15) is 56.9 Å². The van der Waals surface area contributed by atoms with Crippen LogP contribution in [0.25, 0.3) is 0 Å². The zero-order valence-corrected chi connectivity index (χ0v) is 13.4. The number of aromatic nitrogens is 2. The van der Waals surface area contributed by atoms with Crippen LogP contribution in [-0.4, -0.2) is 27.6 Å². The summed E-state index contributed by atoms with van der Waals surface area (Å²) in [7, 11) is 0. The Kier molecular flexibility index (Phi) is 4.68. The van der Waals surface area contributed by atoms with Crippen molar-refractivity contribution in [2.24, 2.45) is 11.7 Å². The monoisotopic (exact) mass is 284 g/mol. The van der Waals surface area contributed by atoms with Crippen molar-refractivity contribution in [3.63, 3.8) is 0 Å². The number of carbonyl (C=O) groups is 1. The highest BCUT2D eigenvalue weighted by atomic mass is 32.1. The number of carbonyl (C=O) groups excluding carboxylic acids is 1. The molecule has 0 saturated heterocycles. The van der Waals surface area contributed by atoms with Gasteiger partial charge in [0.05, 0.1) is 11.2 Å². The maximum Gasteiger partial charge on any atom is 0.265 e. The van der Waals surface area contributed by atoms with E-state index >= 15 is 0 Å². The Morgan fingerprint density at radius 1 is 1.37 bits per heavy atom. The van der Waals surface area contributed by atoms with Gasteiger partial charge in [-0.15, -0.1) is 5.10 Å². The molecular weight excluding hydrogens is 260 g/mol. The Hall–Kier alpha value is -1.01. The summed E-state index contributed by atoms with van der Waals surface area (Å²) in [5, 5.41) is 7.11. The molecule has 0 aromatic carbocycles. The van der Waals surface area contributed by atoms with Crippen molar-refractivity contribution >= 4 is 17.4 Å². The van der Waals surface area contributed by atoms with Gasteiger partial charge in [0.1, 0.15) is 4.88 Å². The second-order valence-corrected chi connectivity index (χ2v) is 7.19. The summed E-state index contributed by atoms with van der Waals surface area (Å²) in [5.74, 6) is 0.113. The number of hydrogen-bond donors (Lipinski definition) is 2. The molecule has 1 unspecified atom stereocenters. The molecule has 0 aliphatic rings.